The quantitative estimate of drug-likeness (QED) is 0.672. The minimum Gasteiger partial charge on any atom is -0.462 e. The second kappa shape index (κ2) is 8.61. The van der Waals surface area contributed by atoms with Gasteiger partial charge in [-0.15, -0.1) is 0 Å². The number of nitrogens with zero attached hydrogens (tertiary/aromatic N) is 3. The monoisotopic (exact) mass is 461 g/mol. The molecule has 0 amide bonds. The Balaban J connectivity index is 1.43. The third-order valence-electron chi connectivity index (χ3n) is 9.82. The van der Waals surface area contributed by atoms with Crippen LogP contribution in [0.1, 0.15) is 72.1 Å². The first-order valence-electron chi connectivity index (χ1n) is 12.7. The summed E-state index contributed by atoms with van der Waals surface area (Å²) in [5.74, 6) is 0.0634. The first-order chi connectivity index (χ1) is 15.8. The zero-order valence-electron chi connectivity index (χ0n) is 20.2. The number of rotatable bonds is 5. The zero-order valence-corrected chi connectivity index (χ0v) is 20.2. The van der Waals surface area contributed by atoms with Gasteiger partial charge in [0.05, 0.1) is 19.3 Å². The lowest BCUT2D eigenvalue weighted by atomic mass is 9.51. The van der Waals surface area contributed by atoms with Crippen LogP contribution in [0.25, 0.3) is 0 Å². The van der Waals surface area contributed by atoms with E-state index in [1.54, 1.807) is 12.7 Å². The van der Waals surface area contributed by atoms with Crippen molar-refractivity contribution in [2.45, 2.75) is 96.7 Å². The molecule has 7 atom stereocenters. The molecule has 1 aromatic heterocycles. The number of aromatic nitrogens is 3. The van der Waals surface area contributed by atoms with E-state index < -0.39 is 5.79 Å². The smallest absolute Gasteiger partial charge is 0.302 e. The van der Waals surface area contributed by atoms with Gasteiger partial charge < -0.3 is 19.3 Å². The van der Waals surface area contributed by atoms with Crippen LogP contribution in [0, 0.1) is 28.6 Å². The molecule has 1 spiro atoms. The normalized spacial score (nSPS) is 42.4. The van der Waals surface area contributed by atoms with E-state index in [2.05, 4.69) is 23.9 Å². The standard InChI is InChI=1S/C25H39N3O5/c1-17(29)33-22-20(5-9-24(3)21(22)6-10-25(24)31-12-13-32-25)23(2)8-4-19(30)14-18(23)7-11-28-16-26-15-27-28/h15-16,18-22,30H,4-14H2,1-3H3/t18-,19-,20-,21-,22+,23-,24-/m0/s1. The van der Waals surface area contributed by atoms with Gasteiger partial charge in [-0.25, -0.2) is 4.98 Å². The summed E-state index contributed by atoms with van der Waals surface area (Å²) in [4.78, 5) is 16.4. The van der Waals surface area contributed by atoms with Crippen LogP contribution < -0.4 is 0 Å². The molecule has 2 heterocycles. The summed E-state index contributed by atoms with van der Waals surface area (Å²) in [6.07, 6.45) is 10.2. The van der Waals surface area contributed by atoms with Crippen LogP contribution >= 0.6 is 0 Å². The number of aliphatic hydroxyl groups is 1. The predicted molar refractivity (Wildman–Crippen MR) is 120 cm³/mol. The van der Waals surface area contributed by atoms with Gasteiger partial charge in [0.1, 0.15) is 18.8 Å². The van der Waals surface area contributed by atoms with Gasteiger partial charge in [0.15, 0.2) is 5.79 Å². The Morgan fingerprint density at radius 2 is 1.91 bits per heavy atom. The van der Waals surface area contributed by atoms with Crippen molar-refractivity contribution in [2.75, 3.05) is 13.2 Å². The summed E-state index contributed by atoms with van der Waals surface area (Å²) >= 11 is 0. The van der Waals surface area contributed by atoms with Crippen LogP contribution in [0.5, 0.6) is 0 Å². The highest BCUT2D eigenvalue weighted by molar-refractivity contribution is 5.66. The molecule has 33 heavy (non-hydrogen) atoms. The maximum Gasteiger partial charge on any atom is 0.302 e. The maximum atomic E-state index is 12.3. The lowest BCUT2D eigenvalue weighted by Crippen LogP contribution is -2.58. The molecule has 4 aliphatic rings. The van der Waals surface area contributed by atoms with Crippen LogP contribution in [0.4, 0.5) is 0 Å². The molecule has 0 aromatic carbocycles. The topological polar surface area (TPSA) is 95.7 Å². The van der Waals surface area contributed by atoms with Gasteiger partial charge in [-0.1, -0.05) is 13.8 Å². The number of carbonyl (C=O) groups is 1. The minimum absolute atomic E-state index is 0.0194. The molecule has 1 saturated heterocycles. The average molecular weight is 462 g/mol. The molecule has 4 fully saturated rings. The Kier molecular flexibility index (Phi) is 6.07. The van der Waals surface area contributed by atoms with Crippen molar-refractivity contribution in [1.29, 1.82) is 0 Å². The highest BCUT2D eigenvalue weighted by Gasteiger charge is 2.67. The van der Waals surface area contributed by atoms with Gasteiger partial charge in [0.25, 0.3) is 0 Å². The highest BCUT2D eigenvalue weighted by Crippen LogP contribution is 2.65. The second-order valence-electron chi connectivity index (χ2n) is 11.3. The van der Waals surface area contributed by atoms with Crippen molar-refractivity contribution < 1.29 is 24.1 Å². The second-order valence-corrected chi connectivity index (χ2v) is 11.3. The Bertz CT molecular complexity index is 841. The fraction of sp³-hybridized carbons (Fsp3) is 0.880. The third kappa shape index (κ3) is 3.82. The average Bonchev–Trinajstić information content (AvgIpc) is 3.51. The van der Waals surface area contributed by atoms with Crippen LogP contribution in [-0.4, -0.2) is 57.0 Å². The Labute approximate surface area is 196 Å². The first-order valence-corrected chi connectivity index (χ1v) is 12.7. The first kappa shape index (κ1) is 23.2. The fourth-order valence-electron chi connectivity index (χ4n) is 7.99. The van der Waals surface area contributed by atoms with Gasteiger partial charge in [-0.3, -0.25) is 9.48 Å². The lowest BCUT2D eigenvalue weighted by molar-refractivity contribution is -0.252. The van der Waals surface area contributed by atoms with Crippen LogP contribution in [0.2, 0.25) is 0 Å². The summed E-state index contributed by atoms with van der Waals surface area (Å²) in [6.45, 7) is 8.27. The molecule has 3 saturated carbocycles. The lowest BCUT2D eigenvalue weighted by Gasteiger charge is -2.57. The molecule has 5 rings (SSSR count). The van der Waals surface area contributed by atoms with Crippen molar-refractivity contribution in [2.24, 2.45) is 28.6 Å². The van der Waals surface area contributed by atoms with E-state index >= 15 is 0 Å². The maximum absolute atomic E-state index is 12.3. The molecular formula is C25H39N3O5. The number of carbonyl (C=O) groups excluding carboxylic acids is 1. The summed E-state index contributed by atoms with van der Waals surface area (Å²) in [5, 5.41) is 14.8. The molecule has 1 N–H and O–H groups in total. The van der Waals surface area contributed by atoms with Crippen LogP contribution in [-0.2, 0) is 25.5 Å². The molecule has 3 aliphatic carbocycles. The van der Waals surface area contributed by atoms with E-state index in [4.69, 9.17) is 14.2 Å². The predicted octanol–water partition coefficient (Wildman–Crippen LogP) is 3.34. The fourth-order valence-corrected chi connectivity index (χ4v) is 7.99. The van der Waals surface area contributed by atoms with Crippen molar-refractivity contribution in [3.05, 3.63) is 12.7 Å². The molecule has 1 aliphatic heterocycles. The van der Waals surface area contributed by atoms with Crippen LogP contribution in [0.3, 0.4) is 0 Å². The minimum atomic E-state index is -0.531. The summed E-state index contributed by atoms with van der Waals surface area (Å²) in [5.41, 5.74) is -0.171. The number of hydrogen-bond acceptors (Lipinski definition) is 7. The third-order valence-corrected chi connectivity index (χ3v) is 9.82. The van der Waals surface area contributed by atoms with E-state index in [0.717, 1.165) is 57.9 Å². The van der Waals surface area contributed by atoms with E-state index in [1.165, 1.54) is 6.92 Å². The highest BCUT2D eigenvalue weighted by atomic mass is 16.7. The van der Waals surface area contributed by atoms with Crippen molar-refractivity contribution >= 4 is 5.97 Å². The number of esters is 1. The number of aryl methyl sites for hydroxylation is 1. The number of hydrogen-bond donors (Lipinski definition) is 1. The van der Waals surface area contributed by atoms with Gasteiger partial charge >= 0.3 is 5.97 Å². The molecule has 1 aromatic rings. The SMILES string of the molecule is CC(=O)O[C@@H]1[C@@H]([C@@]2(C)CC[C@H](O)C[C@@H]2CCn2cncn2)CC[C@@]2(C)[C@H]1CCC21OCCO1. The summed E-state index contributed by atoms with van der Waals surface area (Å²) < 4.78 is 20.5. The zero-order chi connectivity index (χ0) is 23.3. The molecule has 184 valence electrons. The van der Waals surface area contributed by atoms with Gasteiger partial charge in [0, 0.05) is 37.1 Å². The van der Waals surface area contributed by atoms with E-state index in [1.807, 2.05) is 4.68 Å². The van der Waals surface area contributed by atoms with E-state index in [-0.39, 0.29) is 40.8 Å². The molecule has 0 unspecified atom stereocenters. The number of fused-ring (bicyclic) bond motifs is 2. The Morgan fingerprint density at radius 3 is 2.61 bits per heavy atom. The number of aliphatic hydroxyl groups excluding tert-OH is 1. The molecule has 8 nitrogen and oxygen atoms in total. The van der Waals surface area contributed by atoms with E-state index in [9.17, 15) is 9.90 Å². The van der Waals surface area contributed by atoms with Gasteiger partial charge in [-0.2, -0.15) is 5.10 Å². The summed E-state index contributed by atoms with van der Waals surface area (Å²) in [7, 11) is 0. The van der Waals surface area contributed by atoms with E-state index in [0.29, 0.717) is 19.1 Å². The number of ether oxygens (including phenoxy) is 3. The molecule has 0 bridgehead atoms. The van der Waals surface area contributed by atoms with Crippen molar-refractivity contribution in [3.8, 4) is 0 Å². The molecule has 0 radical (unpaired) electrons. The van der Waals surface area contributed by atoms with Gasteiger partial charge in [-0.05, 0) is 56.3 Å². The van der Waals surface area contributed by atoms with Crippen molar-refractivity contribution in [3.63, 3.8) is 0 Å². The Hall–Kier alpha value is -1.51. The largest absolute Gasteiger partial charge is 0.462 e. The van der Waals surface area contributed by atoms with Gasteiger partial charge in [0.2, 0.25) is 0 Å². The molecule has 8 heteroatoms. The van der Waals surface area contributed by atoms with Crippen molar-refractivity contribution in [1.82, 2.24) is 14.8 Å². The summed E-state index contributed by atoms with van der Waals surface area (Å²) in [6, 6.07) is 0. The molecular weight excluding hydrogens is 422 g/mol. The van der Waals surface area contributed by atoms with Crippen LogP contribution in [0.15, 0.2) is 12.7 Å². The Morgan fingerprint density at radius 1 is 1.15 bits per heavy atom.